The topological polar surface area (TPSA) is 20.3 Å². The van der Waals surface area contributed by atoms with Crippen molar-refractivity contribution in [2.24, 2.45) is 11.8 Å². The van der Waals surface area contributed by atoms with Gasteiger partial charge in [-0.1, -0.05) is 15.9 Å². The van der Waals surface area contributed by atoms with Gasteiger partial charge in [0.2, 0.25) is 5.91 Å². The first-order valence-electron chi connectivity index (χ1n) is 6.71. The van der Waals surface area contributed by atoms with Crippen molar-refractivity contribution in [2.75, 3.05) is 29.9 Å². The van der Waals surface area contributed by atoms with Crippen LogP contribution in [0.2, 0.25) is 0 Å². The second-order valence-corrected chi connectivity index (χ2v) is 7.11. The Hall–Kier alpha value is 0.300. The Morgan fingerprint density at radius 3 is 2.35 bits per heavy atom. The monoisotopic (exact) mass is 319 g/mol. The Balaban J connectivity index is 1.72. The van der Waals surface area contributed by atoms with E-state index in [1.54, 1.807) is 0 Å². The molecule has 2 rings (SSSR count). The Bertz CT molecular complexity index is 248. The molecule has 2 fully saturated rings. The number of alkyl halides is 1. The minimum Gasteiger partial charge on any atom is -0.343 e. The molecule has 0 aliphatic carbocycles. The summed E-state index contributed by atoms with van der Waals surface area (Å²) in [5.41, 5.74) is 0. The van der Waals surface area contributed by atoms with Gasteiger partial charge in [-0.15, -0.1) is 0 Å². The van der Waals surface area contributed by atoms with Crippen molar-refractivity contribution in [2.45, 2.75) is 32.1 Å². The van der Waals surface area contributed by atoms with Crippen molar-refractivity contribution in [3.05, 3.63) is 0 Å². The van der Waals surface area contributed by atoms with Crippen LogP contribution in [0.5, 0.6) is 0 Å². The number of carbonyl (C=O) groups excluding carboxylic acids is 1. The second kappa shape index (κ2) is 7.03. The number of carbonyl (C=O) groups is 1. The van der Waals surface area contributed by atoms with Crippen molar-refractivity contribution in [3.8, 4) is 0 Å². The fourth-order valence-corrected chi connectivity index (χ4v) is 4.51. The van der Waals surface area contributed by atoms with Gasteiger partial charge < -0.3 is 4.90 Å². The maximum atomic E-state index is 12.2. The third-order valence-electron chi connectivity index (χ3n) is 3.99. The number of piperidine rings is 1. The average molecular weight is 320 g/mol. The summed E-state index contributed by atoms with van der Waals surface area (Å²) in [4.78, 5) is 14.3. The van der Waals surface area contributed by atoms with Gasteiger partial charge in [0.25, 0.3) is 0 Å². The summed E-state index contributed by atoms with van der Waals surface area (Å²) in [7, 11) is 0. The van der Waals surface area contributed by atoms with Crippen LogP contribution in [0.15, 0.2) is 0 Å². The number of nitrogens with zero attached hydrogens (tertiary/aromatic N) is 1. The molecule has 0 radical (unpaired) electrons. The van der Waals surface area contributed by atoms with Gasteiger partial charge in [-0.2, -0.15) is 11.8 Å². The van der Waals surface area contributed by atoms with Crippen LogP contribution in [0.1, 0.15) is 32.1 Å². The molecule has 2 aliphatic heterocycles. The summed E-state index contributed by atoms with van der Waals surface area (Å²) in [6.07, 6.45) is 5.65. The summed E-state index contributed by atoms with van der Waals surface area (Å²) in [5, 5.41) is 1.09. The maximum absolute atomic E-state index is 12.2. The molecule has 0 aromatic rings. The third kappa shape index (κ3) is 4.16. The lowest BCUT2D eigenvalue weighted by molar-refractivity contribution is -0.133. The quantitative estimate of drug-likeness (QED) is 0.745. The van der Waals surface area contributed by atoms with E-state index in [9.17, 15) is 4.79 Å². The standard InChI is InChI=1S/C13H22BrNOS/c14-10-12-1-5-15(6-2-12)13(16)9-11-3-7-17-8-4-11/h11-12H,1-10H2. The number of likely N-dealkylation sites (tertiary alicyclic amines) is 1. The largest absolute Gasteiger partial charge is 0.343 e. The zero-order valence-electron chi connectivity index (χ0n) is 10.4. The minimum atomic E-state index is 0.412. The van der Waals surface area contributed by atoms with Crippen LogP contribution in [-0.4, -0.2) is 40.7 Å². The summed E-state index contributed by atoms with van der Waals surface area (Å²) in [6.45, 7) is 1.97. The number of hydrogen-bond acceptors (Lipinski definition) is 2. The van der Waals surface area contributed by atoms with Gasteiger partial charge in [-0.25, -0.2) is 0 Å². The fraction of sp³-hybridized carbons (Fsp3) is 0.923. The first kappa shape index (κ1) is 13.7. The average Bonchev–Trinajstić information content (AvgIpc) is 2.40. The third-order valence-corrected chi connectivity index (χ3v) is 5.95. The highest BCUT2D eigenvalue weighted by Gasteiger charge is 2.24. The normalized spacial score (nSPS) is 23.9. The molecule has 2 nitrogen and oxygen atoms in total. The summed E-state index contributed by atoms with van der Waals surface area (Å²) in [5.74, 6) is 4.37. The molecule has 0 N–H and O–H groups in total. The molecule has 0 aromatic carbocycles. The van der Waals surface area contributed by atoms with E-state index in [0.717, 1.165) is 30.8 Å². The predicted molar refractivity (Wildman–Crippen MR) is 77.8 cm³/mol. The minimum absolute atomic E-state index is 0.412. The SMILES string of the molecule is O=C(CC1CCSCC1)N1CCC(CBr)CC1. The molecular formula is C13H22BrNOS. The van der Waals surface area contributed by atoms with E-state index in [-0.39, 0.29) is 0 Å². The van der Waals surface area contributed by atoms with Gasteiger partial charge in [0.05, 0.1) is 0 Å². The van der Waals surface area contributed by atoms with Crippen molar-refractivity contribution in [1.29, 1.82) is 0 Å². The maximum Gasteiger partial charge on any atom is 0.222 e. The number of halogens is 1. The zero-order chi connectivity index (χ0) is 12.1. The van der Waals surface area contributed by atoms with Gasteiger partial charge in [0.15, 0.2) is 0 Å². The molecule has 1 amide bonds. The van der Waals surface area contributed by atoms with Crippen LogP contribution in [0.4, 0.5) is 0 Å². The number of amides is 1. The van der Waals surface area contributed by atoms with Crippen LogP contribution in [0, 0.1) is 11.8 Å². The molecule has 0 unspecified atom stereocenters. The van der Waals surface area contributed by atoms with Crippen LogP contribution >= 0.6 is 27.7 Å². The van der Waals surface area contributed by atoms with Crippen LogP contribution in [0.3, 0.4) is 0 Å². The highest BCUT2D eigenvalue weighted by Crippen LogP contribution is 2.27. The van der Waals surface area contributed by atoms with Crippen molar-refractivity contribution in [1.82, 2.24) is 4.90 Å². The molecule has 0 atom stereocenters. The van der Waals surface area contributed by atoms with E-state index in [1.165, 1.54) is 37.2 Å². The fourth-order valence-electron chi connectivity index (χ4n) is 2.66. The number of rotatable bonds is 3. The van der Waals surface area contributed by atoms with Crippen molar-refractivity contribution >= 4 is 33.6 Å². The molecule has 2 aliphatic rings. The highest BCUT2D eigenvalue weighted by molar-refractivity contribution is 9.09. The van der Waals surface area contributed by atoms with Gasteiger partial charge in [-0.3, -0.25) is 4.79 Å². The van der Waals surface area contributed by atoms with E-state index in [0.29, 0.717) is 11.8 Å². The number of hydrogen-bond donors (Lipinski definition) is 0. The molecule has 0 bridgehead atoms. The molecule has 4 heteroatoms. The zero-order valence-corrected chi connectivity index (χ0v) is 12.8. The Morgan fingerprint density at radius 2 is 1.76 bits per heavy atom. The lowest BCUT2D eigenvalue weighted by atomic mass is 9.95. The lowest BCUT2D eigenvalue weighted by Crippen LogP contribution is -2.39. The molecule has 0 spiro atoms. The first-order valence-corrected chi connectivity index (χ1v) is 8.98. The van der Waals surface area contributed by atoms with Crippen LogP contribution < -0.4 is 0 Å². The van der Waals surface area contributed by atoms with Gasteiger partial charge in [0, 0.05) is 24.8 Å². The summed E-state index contributed by atoms with van der Waals surface area (Å²) in [6, 6.07) is 0. The molecule has 2 heterocycles. The van der Waals surface area contributed by atoms with Crippen molar-refractivity contribution in [3.63, 3.8) is 0 Å². The molecular weight excluding hydrogens is 298 g/mol. The Labute approximate surface area is 117 Å². The highest BCUT2D eigenvalue weighted by atomic mass is 79.9. The smallest absolute Gasteiger partial charge is 0.222 e. The van der Waals surface area contributed by atoms with Crippen molar-refractivity contribution < 1.29 is 4.79 Å². The Morgan fingerprint density at radius 1 is 1.12 bits per heavy atom. The second-order valence-electron chi connectivity index (χ2n) is 5.24. The lowest BCUT2D eigenvalue weighted by Gasteiger charge is -2.32. The summed E-state index contributed by atoms with van der Waals surface area (Å²) < 4.78 is 0. The van der Waals surface area contributed by atoms with Crippen LogP contribution in [-0.2, 0) is 4.79 Å². The van der Waals surface area contributed by atoms with E-state index in [1.807, 2.05) is 11.8 Å². The van der Waals surface area contributed by atoms with E-state index in [2.05, 4.69) is 20.8 Å². The number of thioether (sulfide) groups is 1. The molecule has 0 aromatic heterocycles. The molecule has 98 valence electrons. The molecule has 2 saturated heterocycles. The van der Waals surface area contributed by atoms with Gasteiger partial charge >= 0.3 is 0 Å². The predicted octanol–water partition coefficient (Wildman–Crippen LogP) is 3.15. The van der Waals surface area contributed by atoms with Gasteiger partial charge in [-0.05, 0) is 49.0 Å². The van der Waals surface area contributed by atoms with Gasteiger partial charge in [0.1, 0.15) is 0 Å². The summed E-state index contributed by atoms with van der Waals surface area (Å²) >= 11 is 5.58. The molecule has 17 heavy (non-hydrogen) atoms. The Kier molecular flexibility index (Phi) is 5.67. The van der Waals surface area contributed by atoms with E-state index >= 15 is 0 Å². The molecule has 0 saturated carbocycles. The first-order chi connectivity index (χ1) is 8.29. The van der Waals surface area contributed by atoms with Crippen LogP contribution in [0.25, 0.3) is 0 Å². The van der Waals surface area contributed by atoms with E-state index < -0.39 is 0 Å². The van der Waals surface area contributed by atoms with E-state index in [4.69, 9.17) is 0 Å².